The van der Waals surface area contributed by atoms with Gasteiger partial charge in [0, 0.05) is 23.8 Å². The van der Waals surface area contributed by atoms with Gasteiger partial charge in [-0.1, -0.05) is 13.3 Å². The lowest BCUT2D eigenvalue weighted by Gasteiger charge is -2.21. The summed E-state index contributed by atoms with van der Waals surface area (Å²) in [5.41, 5.74) is 2.54. The first-order valence-electron chi connectivity index (χ1n) is 7.84. The van der Waals surface area contributed by atoms with Crippen LogP contribution >= 0.6 is 0 Å². The molecule has 1 aliphatic carbocycles. The Kier molecular flexibility index (Phi) is 5.03. The molecule has 0 aliphatic heterocycles. The predicted molar refractivity (Wildman–Crippen MR) is 83.0 cm³/mol. The Balaban J connectivity index is 2.03. The maximum Gasteiger partial charge on any atom is 0.213 e. The maximum absolute atomic E-state index is 5.85. The largest absolute Gasteiger partial charge is 0.477 e. The smallest absolute Gasteiger partial charge is 0.213 e. The zero-order valence-electron chi connectivity index (χ0n) is 13.3. The Morgan fingerprint density at radius 2 is 2.05 bits per heavy atom. The molecule has 1 saturated carbocycles. The number of rotatable bonds is 7. The first-order chi connectivity index (χ1) is 9.46. The van der Waals surface area contributed by atoms with Gasteiger partial charge < -0.3 is 10.1 Å². The van der Waals surface area contributed by atoms with Crippen LogP contribution in [0.5, 0.6) is 5.88 Å². The predicted octanol–water partition coefficient (Wildman–Crippen LogP) is 3.71. The molecule has 0 atom stereocenters. The van der Waals surface area contributed by atoms with Gasteiger partial charge in [0.05, 0.1) is 6.61 Å². The van der Waals surface area contributed by atoms with Gasteiger partial charge >= 0.3 is 0 Å². The zero-order valence-corrected chi connectivity index (χ0v) is 13.3. The number of nitrogens with zero attached hydrogens (tertiary/aromatic N) is 1. The Hall–Kier alpha value is -1.09. The van der Waals surface area contributed by atoms with Crippen molar-refractivity contribution in [2.45, 2.75) is 65.5 Å². The van der Waals surface area contributed by atoms with E-state index in [1.165, 1.54) is 18.4 Å². The van der Waals surface area contributed by atoms with Crippen LogP contribution in [0.15, 0.2) is 12.1 Å². The van der Waals surface area contributed by atoms with Crippen molar-refractivity contribution >= 4 is 0 Å². The summed E-state index contributed by atoms with van der Waals surface area (Å²) in [6.07, 6.45) is 4.76. The van der Waals surface area contributed by atoms with E-state index in [0.29, 0.717) is 0 Å². The Morgan fingerprint density at radius 1 is 1.30 bits per heavy atom. The molecule has 0 amide bonds. The van der Waals surface area contributed by atoms with Crippen molar-refractivity contribution in [1.29, 1.82) is 0 Å². The second-order valence-electron chi connectivity index (χ2n) is 6.91. The third-order valence-corrected chi connectivity index (χ3v) is 3.41. The molecule has 3 heteroatoms. The molecule has 1 N–H and O–H groups in total. The van der Waals surface area contributed by atoms with E-state index in [2.05, 4.69) is 50.1 Å². The number of hydrogen-bond donors (Lipinski definition) is 1. The van der Waals surface area contributed by atoms with Crippen LogP contribution in [0.4, 0.5) is 0 Å². The number of ether oxygens (including phenoxy) is 1. The van der Waals surface area contributed by atoms with Crippen molar-refractivity contribution in [3.63, 3.8) is 0 Å². The summed E-state index contributed by atoms with van der Waals surface area (Å²) < 4.78 is 5.85. The van der Waals surface area contributed by atoms with E-state index in [9.17, 15) is 0 Å². The summed E-state index contributed by atoms with van der Waals surface area (Å²) >= 11 is 0. The molecule has 0 radical (unpaired) electrons. The summed E-state index contributed by atoms with van der Waals surface area (Å²) in [5, 5.41) is 3.53. The standard InChI is InChI=1S/C17H28N2O/c1-5-6-15-9-14(11-18-17(2,3)4)10-16(19-15)20-12-13-7-8-13/h9-10,13,18H,5-8,11-12H2,1-4H3. The van der Waals surface area contributed by atoms with E-state index >= 15 is 0 Å². The molecule has 1 aromatic heterocycles. The lowest BCUT2D eigenvalue weighted by Crippen LogP contribution is -2.35. The van der Waals surface area contributed by atoms with Crippen molar-refractivity contribution in [3.05, 3.63) is 23.4 Å². The molecule has 1 aliphatic rings. The molecular weight excluding hydrogens is 248 g/mol. The van der Waals surface area contributed by atoms with Gasteiger partial charge in [-0.3, -0.25) is 0 Å². The fourth-order valence-corrected chi connectivity index (χ4v) is 2.04. The molecule has 20 heavy (non-hydrogen) atoms. The average molecular weight is 276 g/mol. The summed E-state index contributed by atoms with van der Waals surface area (Å²) in [6, 6.07) is 4.28. The topological polar surface area (TPSA) is 34.1 Å². The highest BCUT2D eigenvalue weighted by atomic mass is 16.5. The van der Waals surface area contributed by atoms with Crippen molar-refractivity contribution in [2.75, 3.05) is 6.61 Å². The van der Waals surface area contributed by atoms with Crippen LogP contribution < -0.4 is 10.1 Å². The normalized spacial score (nSPS) is 15.4. The number of nitrogens with one attached hydrogen (secondary N) is 1. The SMILES string of the molecule is CCCc1cc(CNC(C)(C)C)cc(OCC2CC2)n1. The fraction of sp³-hybridized carbons (Fsp3) is 0.706. The van der Waals surface area contributed by atoms with Crippen molar-refractivity contribution in [1.82, 2.24) is 10.3 Å². The molecule has 1 heterocycles. The zero-order chi connectivity index (χ0) is 14.6. The number of pyridine rings is 1. The van der Waals surface area contributed by atoms with Crippen molar-refractivity contribution < 1.29 is 4.74 Å². The number of aryl methyl sites for hydroxylation is 1. The average Bonchev–Trinajstić information content (AvgIpc) is 3.17. The second kappa shape index (κ2) is 6.57. The highest BCUT2D eigenvalue weighted by Gasteiger charge is 2.22. The third kappa shape index (κ3) is 5.49. The second-order valence-corrected chi connectivity index (χ2v) is 6.91. The fourth-order valence-electron chi connectivity index (χ4n) is 2.04. The van der Waals surface area contributed by atoms with Crippen molar-refractivity contribution in [2.24, 2.45) is 5.92 Å². The van der Waals surface area contributed by atoms with E-state index < -0.39 is 0 Å². The van der Waals surface area contributed by atoms with Crippen LogP contribution in [0, 0.1) is 5.92 Å². The molecule has 0 bridgehead atoms. The molecule has 1 fully saturated rings. The summed E-state index contributed by atoms with van der Waals surface area (Å²) in [6.45, 7) is 10.4. The van der Waals surface area contributed by atoms with Crippen LogP contribution in [0.1, 0.15) is 58.2 Å². The van der Waals surface area contributed by atoms with Gasteiger partial charge in [-0.15, -0.1) is 0 Å². The van der Waals surface area contributed by atoms with Gasteiger partial charge in [-0.2, -0.15) is 0 Å². The molecular formula is C17H28N2O. The van der Waals surface area contributed by atoms with E-state index in [1.54, 1.807) is 0 Å². The van der Waals surface area contributed by atoms with Crippen LogP contribution in [0.25, 0.3) is 0 Å². The molecule has 1 aromatic rings. The first kappa shape index (κ1) is 15.3. The van der Waals surface area contributed by atoms with Gasteiger partial charge in [-0.05, 0) is 57.6 Å². The molecule has 0 aromatic carbocycles. The van der Waals surface area contributed by atoms with Crippen molar-refractivity contribution in [3.8, 4) is 5.88 Å². The Bertz CT molecular complexity index is 433. The molecule has 112 valence electrons. The Labute approximate surface area is 123 Å². The van der Waals surface area contributed by atoms with Crippen LogP contribution in [-0.4, -0.2) is 17.1 Å². The van der Waals surface area contributed by atoms with E-state index in [4.69, 9.17) is 4.74 Å². The highest BCUT2D eigenvalue weighted by molar-refractivity contribution is 5.25. The minimum Gasteiger partial charge on any atom is -0.477 e. The maximum atomic E-state index is 5.85. The van der Waals surface area contributed by atoms with Crippen LogP contribution in [0.3, 0.4) is 0 Å². The number of aromatic nitrogens is 1. The molecule has 2 rings (SSSR count). The minimum absolute atomic E-state index is 0.128. The van der Waals surface area contributed by atoms with Gasteiger partial charge in [0.1, 0.15) is 0 Å². The summed E-state index contributed by atoms with van der Waals surface area (Å²) in [5.74, 6) is 1.57. The van der Waals surface area contributed by atoms with Crippen LogP contribution in [-0.2, 0) is 13.0 Å². The van der Waals surface area contributed by atoms with Gasteiger partial charge in [0.25, 0.3) is 0 Å². The van der Waals surface area contributed by atoms with Gasteiger partial charge in [0.15, 0.2) is 0 Å². The summed E-state index contributed by atoms with van der Waals surface area (Å²) in [4.78, 5) is 4.62. The lowest BCUT2D eigenvalue weighted by atomic mass is 10.1. The summed E-state index contributed by atoms with van der Waals surface area (Å²) in [7, 11) is 0. The highest BCUT2D eigenvalue weighted by Crippen LogP contribution is 2.29. The van der Waals surface area contributed by atoms with E-state index in [-0.39, 0.29) is 5.54 Å². The van der Waals surface area contributed by atoms with E-state index in [1.807, 2.05) is 0 Å². The van der Waals surface area contributed by atoms with Gasteiger partial charge in [0.2, 0.25) is 5.88 Å². The first-order valence-corrected chi connectivity index (χ1v) is 7.84. The molecule has 3 nitrogen and oxygen atoms in total. The third-order valence-electron chi connectivity index (χ3n) is 3.41. The molecule has 0 saturated heterocycles. The quantitative estimate of drug-likeness (QED) is 0.824. The molecule has 0 unspecified atom stereocenters. The minimum atomic E-state index is 0.128. The van der Waals surface area contributed by atoms with Crippen LogP contribution in [0.2, 0.25) is 0 Å². The number of hydrogen-bond acceptors (Lipinski definition) is 3. The molecule has 0 spiro atoms. The monoisotopic (exact) mass is 276 g/mol. The van der Waals surface area contributed by atoms with E-state index in [0.717, 1.165) is 43.5 Å². The Morgan fingerprint density at radius 3 is 2.65 bits per heavy atom. The van der Waals surface area contributed by atoms with Gasteiger partial charge in [-0.25, -0.2) is 4.98 Å². The lowest BCUT2D eigenvalue weighted by molar-refractivity contribution is 0.287.